The minimum Gasteiger partial charge on any atom is -0.486 e. The van der Waals surface area contributed by atoms with E-state index < -0.39 is 0 Å². The molecule has 2 heterocycles. The average Bonchev–Trinajstić information content (AvgIpc) is 3.01. The van der Waals surface area contributed by atoms with E-state index in [1.807, 2.05) is 18.2 Å². The third-order valence-corrected chi connectivity index (χ3v) is 5.15. The van der Waals surface area contributed by atoms with Crippen LogP contribution in [0.3, 0.4) is 0 Å². The molecule has 0 unspecified atom stereocenters. The number of Topliss-reactive ketones (excluding diaryl/α,β-unsaturated/α-hetero) is 1. The van der Waals surface area contributed by atoms with E-state index in [2.05, 4.69) is 4.98 Å². The predicted octanol–water partition coefficient (Wildman–Crippen LogP) is 2.35. The van der Waals surface area contributed by atoms with Crippen LogP contribution in [0.1, 0.15) is 15.9 Å². The number of hydrogen-bond acceptors (Lipinski definition) is 5. The molecule has 0 bridgehead atoms. The molecule has 0 spiro atoms. The van der Waals surface area contributed by atoms with Gasteiger partial charge in [0.25, 0.3) is 5.56 Å². The van der Waals surface area contributed by atoms with Crippen LogP contribution in [-0.2, 0) is 0 Å². The van der Waals surface area contributed by atoms with Gasteiger partial charge in [0, 0.05) is 16.7 Å². The van der Waals surface area contributed by atoms with Crippen LogP contribution in [0.5, 0.6) is 11.5 Å². The smallest absolute Gasteiger partial charge is 0.266 e. The van der Waals surface area contributed by atoms with Gasteiger partial charge in [-0.05, 0) is 48.0 Å². The van der Waals surface area contributed by atoms with Gasteiger partial charge >= 0.3 is 0 Å². The van der Waals surface area contributed by atoms with Gasteiger partial charge in [0.1, 0.15) is 13.2 Å². The quantitative estimate of drug-likeness (QED) is 0.686. The Balaban J connectivity index is 1.67. The van der Waals surface area contributed by atoms with Crippen molar-refractivity contribution in [1.82, 2.24) is 4.98 Å². The van der Waals surface area contributed by atoms with Crippen LogP contribution in [0.25, 0.3) is 12.2 Å². The van der Waals surface area contributed by atoms with Crippen LogP contribution >= 0.6 is 22.9 Å². The van der Waals surface area contributed by atoms with Crippen molar-refractivity contribution < 1.29 is 14.3 Å². The van der Waals surface area contributed by atoms with E-state index in [1.165, 1.54) is 17.4 Å². The summed E-state index contributed by atoms with van der Waals surface area (Å²) in [5.41, 5.74) is 1.08. The van der Waals surface area contributed by atoms with Gasteiger partial charge < -0.3 is 14.5 Å². The molecule has 1 aliphatic heterocycles. The number of aromatic amines is 1. The standard InChI is InChI=1S/C20H14ClNO4S/c21-14-4-2-13(3-5-14)15(23)11-19-22-20(24)18(27-19)10-12-1-6-16-17(9-12)26-8-7-25-16/h1-6,9-11H,7-8H2,(H,22,24). The fourth-order valence-electron chi connectivity index (χ4n) is 2.64. The van der Waals surface area contributed by atoms with E-state index in [-0.39, 0.29) is 11.3 Å². The van der Waals surface area contributed by atoms with Crippen LogP contribution in [0, 0.1) is 0 Å². The van der Waals surface area contributed by atoms with Crippen LogP contribution in [-0.4, -0.2) is 24.0 Å². The SMILES string of the molecule is O=C(C=c1[nH]c(=O)c(=Cc2ccc3c(c2)OCCO3)s1)c1ccc(Cl)cc1. The van der Waals surface area contributed by atoms with Gasteiger partial charge in [-0.3, -0.25) is 9.59 Å². The number of fused-ring (bicyclic) bond motifs is 1. The van der Waals surface area contributed by atoms with Crippen molar-refractivity contribution in [3.05, 3.63) is 78.2 Å². The molecular weight excluding hydrogens is 386 g/mol. The monoisotopic (exact) mass is 399 g/mol. The maximum absolute atomic E-state index is 12.3. The number of aromatic nitrogens is 1. The van der Waals surface area contributed by atoms with E-state index >= 15 is 0 Å². The number of carbonyl (C=O) groups excluding carboxylic acids is 1. The molecule has 5 nitrogen and oxygen atoms in total. The molecule has 0 aliphatic carbocycles. The number of H-pyrrole nitrogens is 1. The van der Waals surface area contributed by atoms with Gasteiger partial charge in [0.05, 0.1) is 9.20 Å². The lowest BCUT2D eigenvalue weighted by Gasteiger charge is -2.18. The van der Waals surface area contributed by atoms with Crippen LogP contribution in [0.2, 0.25) is 5.02 Å². The Bertz CT molecular complexity index is 1180. The number of benzene rings is 2. The third kappa shape index (κ3) is 3.97. The molecular formula is C20H14ClNO4S. The lowest BCUT2D eigenvalue weighted by Crippen LogP contribution is -2.20. The van der Waals surface area contributed by atoms with E-state index in [0.717, 1.165) is 5.56 Å². The summed E-state index contributed by atoms with van der Waals surface area (Å²) < 4.78 is 12.0. The van der Waals surface area contributed by atoms with E-state index in [0.29, 0.717) is 44.5 Å². The molecule has 0 radical (unpaired) electrons. The number of hydrogen-bond donors (Lipinski definition) is 1. The molecule has 136 valence electrons. The number of ketones is 1. The maximum Gasteiger partial charge on any atom is 0.266 e. The first-order valence-electron chi connectivity index (χ1n) is 8.21. The summed E-state index contributed by atoms with van der Waals surface area (Å²) in [7, 11) is 0. The van der Waals surface area contributed by atoms with Crippen molar-refractivity contribution in [2.45, 2.75) is 0 Å². The Morgan fingerprint density at radius 2 is 1.81 bits per heavy atom. The predicted molar refractivity (Wildman–Crippen MR) is 105 cm³/mol. The number of thiazole rings is 1. The van der Waals surface area contributed by atoms with Gasteiger partial charge in [0.2, 0.25) is 0 Å². The first-order valence-corrected chi connectivity index (χ1v) is 9.40. The Hall–Kier alpha value is -2.83. The summed E-state index contributed by atoms with van der Waals surface area (Å²) in [4.78, 5) is 27.2. The van der Waals surface area contributed by atoms with Crippen molar-refractivity contribution in [1.29, 1.82) is 0 Å². The highest BCUT2D eigenvalue weighted by molar-refractivity contribution is 7.07. The lowest BCUT2D eigenvalue weighted by molar-refractivity contribution is 0.106. The van der Waals surface area contributed by atoms with Gasteiger partial charge in [-0.15, -0.1) is 11.3 Å². The van der Waals surface area contributed by atoms with E-state index in [1.54, 1.807) is 30.3 Å². The van der Waals surface area contributed by atoms with Crippen molar-refractivity contribution in [2.24, 2.45) is 0 Å². The summed E-state index contributed by atoms with van der Waals surface area (Å²) in [6.07, 6.45) is 3.17. The van der Waals surface area contributed by atoms with Crippen LogP contribution in [0.4, 0.5) is 0 Å². The average molecular weight is 400 g/mol. The zero-order chi connectivity index (χ0) is 18.8. The van der Waals surface area contributed by atoms with E-state index in [4.69, 9.17) is 21.1 Å². The second-order valence-corrected chi connectivity index (χ2v) is 7.37. The normalized spacial score (nSPS) is 14.4. The highest BCUT2D eigenvalue weighted by Crippen LogP contribution is 2.30. The zero-order valence-electron chi connectivity index (χ0n) is 14.0. The molecule has 2 aromatic carbocycles. The topological polar surface area (TPSA) is 68.4 Å². The van der Waals surface area contributed by atoms with Gasteiger partial charge in [-0.1, -0.05) is 17.7 Å². The number of carbonyl (C=O) groups is 1. The summed E-state index contributed by atoms with van der Waals surface area (Å²) >= 11 is 7.05. The zero-order valence-corrected chi connectivity index (χ0v) is 15.6. The molecule has 27 heavy (non-hydrogen) atoms. The van der Waals surface area contributed by atoms with Crippen molar-refractivity contribution in [2.75, 3.05) is 13.2 Å². The number of rotatable bonds is 3. The fourth-order valence-corrected chi connectivity index (χ4v) is 3.65. The summed E-state index contributed by atoms with van der Waals surface area (Å²) in [6.45, 7) is 1.03. The highest BCUT2D eigenvalue weighted by atomic mass is 35.5. The van der Waals surface area contributed by atoms with Crippen LogP contribution in [0.15, 0.2) is 47.3 Å². The Morgan fingerprint density at radius 3 is 2.59 bits per heavy atom. The van der Waals surface area contributed by atoms with Gasteiger partial charge in [-0.2, -0.15) is 0 Å². The minimum atomic E-state index is -0.245. The molecule has 1 aliphatic rings. The number of halogens is 1. The van der Waals surface area contributed by atoms with Gasteiger partial charge in [-0.25, -0.2) is 0 Å². The molecule has 1 aromatic heterocycles. The number of ether oxygens (including phenoxy) is 2. The van der Waals surface area contributed by atoms with Gasteiger partial charge in [0.15, 0.2) is 17.3 Å². The summed E-state index contributed by atoms with van der Waals surface area (Å²) in [6, 6.07) is 12.1. The summed E-state index contributed by atoms with van der Waals surface area (Å²) in [5, 5.41) is 0.562. The maximum atomic E-state index is 12.3. The minimum absolute atomic E-state index is 0.199. The Morgan fingerprint density at radius 1 is 1.07 bits per heavy atom. The second-order valence-electron chi connectivity index (χ2n) is 5.85. The van der Waals surface area contributed by atoms with Crippen molar-refractivity contribution >= 4 is 40.9 Å². The molecule has 0 amide bonds. The second kappa shape index (κ2) is 7.42. The molecule has 7 heteroatoms. The summed E-state index contributed by atoms with van der Waals surface area (Å²) in [5.74, 6) is 1.16. The Labute approximate surface area is 163 Å². The molecule has 0 fully saturated rings. The van der Waals surface area contributed by atoms with Crippen molar-refractivity contribution in [3.8, 4) is 11.5 Å². The largest absolute Gasteiger partial charge is 0.486 e. The molecule has 0 atom stereocenters. The van der Waals surface area contributed by atoms with Crippen molar-refractivity contribution in [3.63, 3.8) is 0 Å². The fraction of sp³-hybridized carbons (Fsp3) is 0.100. The lowest BCUT2D eigenvalue weighted by atomic mass is 10.1. The molecule has 3 aromatic rings. The third-order valence-electron chi connectivity index (χ3n) is 3.94. The molecule has 0 saturated heterocycles. The number of nitrogens with one attached hydrogen (secondary N) is 1. The van der Waals surface area contributed by atoms with E-state index in [9.17, 15) is 9.59 Å². The molecule has 1 N–H and O–H groups in total. The van der Waals surface area contributed by atoms with Crippen LogP contribution < -0.4 is 24.2 Å². The molecule has 4 rings (SSSR count). The highest BCUT2D eigenvalue weighted by Gasteiger charge is 2.11. The first-order chi connectivity index (χ1) is 13.1. The molecule has 0 saturated carbocycles. The Kier molecular flexibility index (Phi) is 4.83. The first kappa shape index (κ1) is 17.6.